The lowest BCUT2D eigenvalue weighted by molar-refractivity contribution is -0.117. The van der Waals surface area contributed by atoms with Gasteiger partial charge in [-0.2, -0.15) is 8.78 Å². The van der Waals surface area contributed by atoms with Crippen molar-refractivity contribution in [3.8, 4) is 11.3 Å². The van der Waals surface area contributed by atoms with E-state index in [0.717, 1.165) is 30.7 Å². The van der Waals surface area contributed by atoms with E-state index in [0.29, 0.717) is 29.3 Å². The first kappa shape index (κ1) is 18.5. The molecule has 0 radical (unpaired) electrons. The van der Waals surface area contributed by atoms with Crippen LogP contribution in [0.25, 0.3) is 22.2 Å². The molecule has 1 amide bonds. The molecular weight excluding hydrogens is 364 g/mol. The quantitative estimate of drug-likeness (QED) is 0.711. The van der Waals surface area contributed by atoms with E-state index in [-0.39, 0.29) is 11.8 Å². The number of hydrogen-bond donors (Lipinski definition) is 1. The van der Waals surface area contributed by atoms with Crippen molar-refractivity contribution in [3.63, 3.8) is 0 Å². The van der Waals surface area contributed by atoms with Gasteiger partial charge >= 0.3 is 5.92 Å². The van der Waals surface area contributed by atoms with Gasteiger partial charge in [-0.05, 0) is 38.8 Å². The van der Waals surface area contributed by atoms with Gasteiger partial charge in [-0.3, -0.25) is 4.79 Å². The maximum absolute atomic E-state index is 13.8. The molecule has 3 aromatic heterocycles. The molecule has 0 unspecified atom stereocenters. The molecule has 1 saturated carbocycles. The third-order valence-corrected chi connectivity index (χ3v) is 4.83. The Hall–Kier alpha value is -2.90. The van der Waals surface area contributed by atoms with Crippen LogP contribution in [0.1, 0.15) is 38.2 Å². The van der Waals surface area contributed by atoms with Crippen molar-refractivity contribution in [1.82, 2.24) is 19.5 Å². The van der Waals surface area contributed by atoms with Crippen LogP contribution >= 0.6 is 0 Å². The fourth-order valence-electron chi connectivity index (χ4n) is 3.20. The highest BCUT2D eigenvalue weighted by Crippen LogP contribution is 2.34. The minimum absolute atomic E-state index is 0.0332. The molecular formula is C20H21F2N5O. The number of alkyl halides is 2. The normalized spacial score (nSPS) is 14.5. The lowest BCUT2D eigenvalue weighted by Gasteiger charge is -2.11. The molecule has 4 rings (SSSR count). The first-order valence-electron chi connectivity index (χ1n) is 9.30. The summed E-state index contributed by atoms with van der Waals surface area (Å²) < 4.78 is 29.6. The number of halogens is 2. The smallest absolute Gasteiger partial charge is 0.303 e. The second-order valence-electron chi connectivity index (χ2n) is 7.29. The second kappa shape index (κ2) is 6.61. The zero-order valence-corrected chi connectivity index (χ0v) is 16.0. The summed E-state index contributed by atoms with van der Waals surface area (Å²) in [6, 6.07) is 3.46. The van der Waals surface area contributed by atoms with E-state index in [2.05, 4.69) is 20.3 Å². The van der Waals surface area contributed by atoms with Crippen molar-refractivity contribution >= 4 is 22.6 Å². The number of fused-ring (bicyclic) bond motifs is 1. The third kappa shape index (κ3) is 3.46. The molecule has 6 nitrogen and oxygen atoms in total. The van der Waals surface area contributed by atoms with Crippen LogP contribution in [0.4, 0.5) is 14.6 Å². The topological polar surface area (TPSA) is 72.7 Å². The Kier molecular flexibility index (Phi) is 4.36. The average Bonchev–Trinajstić information content (AvgIpc) is 3.42. The molecule has 28 heavy (non-hydrogen) atoms. The number of hydrogen-bond acceptors (Lipinski definition) is 4. The Balaban J connectivity index is 1.84. The zero-order valence-electron chi connectivity index (χ0n) is 16.0. The van der Waals surface area contributed by atoms with Gasteiger partial charge in [0.15, 0.2) is 5.82 Å². The molecule has 146 valence electrons. The standard InChI is InChI=1S/C20H21F2N5O/c1-4-27-10-14(15-7-11(2)24-19(25-15)20(3,21)22)13-8-17(23-9-16(13)27)26-18(28)12-5-6-12/h7-10,12H,4-6H2,1-3H3,(H,23,26,28). The second-order valence-corrected chi connectivity index (χ2v) is 7.29. The van der Waals surface area contributed by atoms with Crippen LogP contribution in [0, 0.1) is 12.8 Å². The Labute approximate surface area is 161 Å². The molecule has 8 heteroatoms. The van der Waals surface area contributed by atoms with Gasteiger partial charge in [-0.15, -0.1) is 0 Å². The molecule has 0 bridgehead atoms. The van der Waals surface area contributed by atoms with Crippen molar-refractivity contribution < 1.29 is 13.6 Å². The first-order chi connectivity index (χ1) is 13.3. The van der Waals surface area contributed by atoms with Gasteiger partial charge in [-0.1, -0.05) is 0 Å². The highest BCUT2D eigenvalue weighted by atomic mass is 19.3. The number of aromatic nitrogens is 4. The van der Waals surface area contributed by atoms with Crippen molar-refractivity contribution in [1.29, 1.82) is 0 Å². The number of nitrogens with zero attached hydrogens (tertiary/aromatic N) is 4. The van der Waals surface area contributed by atoms with Crippen LogP contribution in [0.15, 0.2) is 24.5 Å². The number of aryl methyl sites for hydroxylation is 2. The van der Waals surface area contributed by atoms with Gasteiger partial charge in [0.05, 0.1) is 17.4 Å². The summed E-state index contributed by atoms with van der Waals surface area (Å²) in [5.74, 6) is -3.15. The van der Waals surface area contributed by atoms with Crippen LogP contribution < -0.4 is 5.32 Å². The Morgan fingerprint density at radius 1 is 1.32 bits per heavy atom. The maximum Gasteiger partial charge on any atom is 0.303 e. The van der Waals surface area contributed by atoms with Gasteiger partial charge in [0, 0.05) is 42.2 Å². The third-order valence-electron chi connectivity index (χ3n) is 4.83. The molecule has 1 aliphatic rings. The molecule has 1 N–H and O–H groups in total. The molecule has 1 fully saturated rings. The summed E-state index contributed by atoms with van der Waals surface area (Å²) in [4.78, 5) is 24.4. The van der Waals surface area contributed by atoms with Crippen LogP contribution in [0.5, 0.6) is 0 Å². The molecule has 0 spiro atoms. The number of nitrogens with one attached hydrogen (secondary N) is 1. The van der Waals surface area contributed by atoms with Crippen LogP contribution in [0.3, 0.4) is 0 Å². The monoisotopic (exact) mass is 385 g/mol. The minimum Gasteiger partial charge on any atom is -0.346 e. The number of rotatable bonds is 5. The molecule has 1 aliphatic carbocycles. The zero-order chi connectivity index (χ0) is 20.1. The fraction of sp³-hybridized carbons (Fsp3) is 0.400. The molecule has 0 atom stereocenters. The lowest BCUT2D eigenvalue weighted by Crippen LogP contribution is -2.14. The van der Waals surface area contributed by atoms with Gasteiger partial charge in [0.25, 0.3) is 0 Å². The van der Waals surface area contributed by atoms with Crippen molar-refractivity contribution in [2.75, 3.05) is 5.32 Å². The summed E-state index contributed by atoms with van der Waals surface area (Å²) in [5.41, 5.74) is 2.45. The van der Waals surface area contributed by atoms with Crippen molar-refractivity contribution in [3.05, 3.63) is 36.0 Å². The van der Waals surface area contributed by atoms with E-state index in [1.165, 1.54) is 0 Å². The van der Waals surface area contributed by atoms with Gasteiger partial charge < -0.3 is 9.88 Å². The van der Waals surface area contributed by atoms with E-state index in [4.69, 9.17) is 0 Å². The van der Waals surface area contributed by atoms with E-state index in [1.807, 2.05) is 17.7 Å². The van der Waals surface area contributed by atoms with E-state index in [9.17, 15) is 13.6 Å². The largest absolute Gasteiger partial charge is 0.346 e. The number of amides is 1. The molecule has 0 saturated heterocycles. The Bertz CT molecular complexity index is 1070. The SMILES string of the molecule is CCn1cc(-c2cc(C)nc(C(C)(F)F)n2)c2cc(NC(=O)C3CC3)ncc21. The molecule has 3 aromatic rings. The molecule has 3 heterocycles. The predicted molar refractivity (Wildman–Crippen MR) is 102 cm³/mol. The summed E-state index contributed by atoms with van der Waals surface area (Å²) in [5, 5.41) is 3.63. The number of carbonyl (C=O) groups excluding carboxylic acids is 1. The highest BCUT2D eigenvalue weighted by molar-refractivity contribution is 5.99. The van der Waals surface area contributed by atoms with Gasteiger partial charge in [-0.25, -0.2) is 15.0 Å². The van der Waals surface area contributed by atoms with Crippen LogP contribution in [-0.2, 0) is 17.3 Å². The summed E-state index contributed by atoms with van der Waals surface area (Å²) in [6.45, 7) is 5.13. The summed E-state index contributed by atoms with van der Waals surface area (Å²) in [7, 11) is 0. The molecule has 0 aliphatic heterocycles. The van der Waals surface area contributed by atoms with Gasteiger partial charge in [0.2, 0.25) is 5.91 Å². The number of carbonyl (C=O) groups is 1. The molecule has 0 aromatic carbocycles. The predicted octanol–water partition coefficient (Wildman–Crippen LogP) is 4.28. The van der Waals surface area contributed by atoms with Crippen molar-refractivity contribution in [2.45, 2.75) is 46.1 Å². The van der Waals surface area contributed by atoms with E-state index in [1.54, 1.807) is 25.3 Å². The Morgan fingerprint density at radius 3 is 2.71 bits per heavy atom. The minimum atomic E-state index is -3.13. The van der Waals surface area contributed by atoms with Crippen molar-refractivity contribution in [2.24, 2.45) is 5.92 Å². The van der Waals surface area contributed by atoms with E-state index < -0.39 is 11.7 Å². The highest BCUT2D eigenvalue weighted by Gasteiger charge is 2.30. The average molecular weight is 385 g/mol. The number of anilines is 1. The summed E-state index contributed by atoms with van der Waals surface area (Å²) >= 11 is 0. The van der Waals surface area contributed by atoms with Crippen LogP contribution in [-0.4, -0.2) is 25.4 Å². The first-order valence-corrected chi connectivity index (χ1v) is 9.30. The van der Waals surface area contributed by atoms with E-state index >= 15 is 0 Å². The number of pyridine rings is 1. The summed E-state index contributed by atoms with van der Waals surface area (Å²) in [6.07, 6.45) is 5.37. The lowest BCUT2D eigenvalue weighted by atomic mass is 10.1. The van der Waals surface area contributed by atoms with Crippen LogP contribution in [0.2, 0.25) is 0 Å². The maximum atomic E-state index is 13.8. The Morgan fingerprint density at radius 2 is 2.07 bits per heavy atom. The van der Waals surface area contributed by atoms with Gasteiger partial charge in [0.1, 0.15) is 5.82 Å². The fourth-order valence-corrected chi connectivity index (χ4v) is 3.20.